The van der Waals surface area contributed by atoms with E-state index in [1.165, 1.54) is 25.7 Å². The highest BCUT2D eigenvalue weighted by atomic mass is 15.3. The van der Waals surface area contributed by atoms with Gasteiger partial charge in [0.2, 0.25) is 0 Å². The number of hydrogen-bond acceptors (Lipinski definition) is 4. The van der Waals surface area contributed by atoms with E-state index in [-0.39, 0.29) is 0 Å². The molecule has 2 unspecified atom stereocenters. The van der Waals surface area contributed by atoms with Crippen molar-refractivity contribution < 1.29 is 0 Å². The maximum absolute atomic E-state index is 5.87. The Morgan fingerprint density at radius 3 is 3.06 bits per heavy atom. The van der Waals surface area contributed by atoms with Gasteiger partial charge in [-0.1, -0.05) is 12.8 Å². The fraction of sp³-hybridized carbons (Fsp3) is 0.583. The van der Waals surface area contributed by atoms with Crippen LogP contribution in [0, 0.1) is 5.92 Å². The van der Waals surface area contributed by atoms with Gasteiger partial charge >= 0.3 is 0 Å². The number of nitrogens with zero attached hydrogens (tertiary/aromatic N) is 4. The SMILES string of the molecule is NCC1CCCCC1c1nnc2cnccn12. The second-order valence-corrected chi connectivity index (χ2v) is 4.75. The van der Waals surface area contributed by atoms with Crippen LogP contribution >= 0.6 is 0 Å². The van der Waals surface area contributed by atoms with Crippen LogP contribution in [-0.2, 0) is 0 Å². The molecule has 1 saturated carbocycles. The molecular weight excluding hydrogens is 214 g/mol. The van der Waals surface area contributed by atoms with E-state index in [0.29, 0.717) is 11.8 Å². The van der Waals surface area contributed by atoms with Crippen molar-refractivity contribution in [2.45, 2.75) is 31.6 Å². The molecule has 2 N–H and O–H groups in total. The summed E-state index contributed by atoms with van der Waals surface area (Å²) in [6.45, 7) is 0.741. The minimum Gasteiger partial charge on any atom is -0.330 e. The molecule has 1 aliphatic carbocycles. The van der Waals surface area contributed by atoms with Gasteiger partial charge in [-0.2, -0.15) is 0 Å². The summed E-state index contributed by atoms with van der Waals surface area (Å²) in [4.78, 5) is 4.06. The molecular formula is C12H17N5. The quantitative estimate of drug-likeness (QED) is 0.847. The highest BCUT2D eigenvalue weighted by Gasteiger charge is 2.28. The summed E-state index contributed by atoms with van der Waals surface area (Å²) < 4.78 is 2.05. The predicted molar refractivity (Wildman–Crippen MR) is 64.5 cm³/mol. The van der Waals surface area contributed by atoms with Crippen molar-refractivity contribution in [2.24, 2.45) is 11.7 Å². The van der Waals surface area contributed by atoms with Crippen LogP contribution in [0.15, 0.2) is 18.6 Å². The summed E-state index contributed by atoms with van der Waals surface area (Å²) in [5, 5.41) is 8.51. The van der Waals surface area contributed by atoms with E-state index in [0.717, 1.165) is 18.0 Å². The molecule has 0 bridgehead atoms. The van der Waals surface area contributed by atoms with E-state index in [1.807, 2.05) is 10.6 Å². The van der Waals surface area contributed by atoms with Crippen LogP contribution < -0.4 is 5.73 Å². The van der Waals surface area contributed by atoms with Gasteiger partial charge in [0.15, 0.2) is 5.65 Å². The van der Waals surface area contributed by atoms with Gasteiger partial charge in [0.25, 0.3) is 0 Å². The first-order valence-corrected chi connectivity index (χ1v) is 6.25. The highest BCUT2D eigenvalue weighted by Crippen LogP contribution is 2.36. The number of aromatic nitrogens is 4. The summed E-state index contributed by atoms with van der Waals surface area (Å²) in [6.07, 6.45) is 10.4. The van der Waals surface area contributed by atoms with Crippen molar-refractivity contribution in [3.8, 4) is 0 Å². The van der Waals surface area contributed by atoms with Gasteiger partial charge in [0.1, 0.15) is 5.82 Å². The van der Waals surface area contributed by atoms with Crippen LogP contribution in [0.5, 0.6) is 0 Å². The molecule has 17 heavy (non-hydrogen) atoms. The average Bonchev–Trinajstić information content (AvgIpc) is 2.82. The Morgan fingerprint density at radius 1 is 1.29 bits per heavy atom. The standard InChI is InChI=1S/C12H17N5/c13-7-9-3-1-2-4-10(9)12-16-15-11-8-14-5-6-17(11)12/h5-6,8-10H,1-4,7,13H2. The molecule has 1 aliphatic rings. The van der Waals surface area contributed by atoms with Gasteiger partial charge in [-0.25, -0.2) is 0 Å². The van der Waals surface area contributed by atoms with Crippen LogP contribution in [0.3, 0.4) is 0 Å². The van der Waals surface area contributed by atoms with Crippen molar-refractivity contribution >= 4 is 5.65 Å². The van der Waals surface area contributed by atoms with Gasteiger partial charge in [-0.15, -0.1) is 10.2 Å². The Labute approximate surface area is 100 Å². The average molecular weight is 231 g/mol. The maximum Gasteiger partial charge on any atom is 0.179 e. The molecule has 2 aromatic heterocycles. The minimum atomic E-state index is 0.450. The van der Waals surface area contributed by atoms with Crippen molar-refractivity contribution in [2.75, 3.05) is 6.54 Å². The molecule has 2 heterocycles. The highest BCUT2D eigenvalue weighted by molar-refractivity contribution is 5.34. The van der Waals surface area contributed by atoms with Gasteiger partial charge in [0.05, 0.1) is 6.20 Å². The van der Waals surface area contributed by atoms with Crippen molar-refractivity contribution in [3.05, 3.63) is 24.4 Å². The molecule has 0 amide bonds. The third-order valence-corrected chi connectivity index (χ3v) is 3.78. The molecule has 5 nitrogen and oxygen atoms in total. The summed E-state index contributed by atoms with van der Waals surface area (Å²) in [5.41, 5.74) is 6.70. The molecule has 90 valence electrons. The minimum absolute atomic E-state index is 0.450. The normalized spacial score (nSPS) is 25.2. The zero-order valence-electron chi connectivity index (χ0n) is 9.79. The van der Waals surface area contributed by atoms with Gasteiger partial charge in [0, 0.05) is 18.3 Å². The Kier molecular flexibility index (Phi) is 2.76. The lowest BCUT2D eigenvalue weighted by Gasteiger charge is -2.29. The summed E-state index contributed by atoms with van der Waals surface area (Å²) >= 11 is 0. The van der Waals surface area contributed by atoms with Crippen molar-refractivity contribution in [3.63, 3.8) is 0 Å². The first kappa shape index (κ1) is 10.7. The third kappa shape index (κ3) is 1.80. The van der Waals surface area contributed by atoms with Crippen LogP contribution in [0.2, 0.25) is 0 Å². The van der Waals surface area contributed by atoms with Gasteiger partial charge in [-0.3, -0.25) is 9.38 Å². The monoisotopic (exact) mass is 231 g/mol. The predicted octanol–water partition coefficient (Wildman–Crippen LogP) is 1.36. The zero-order chi connectivity index (χ0) is 11.7. The number of hydrogen-bond donors (Lipinski definition) is 1. The van der Waals surface area contributed by atoms with Gasteiger partial charge in [-0.05, 0) is 25.3 Å². The fourth-order valence-electron chi connectivity index (χ4n) is 2.85. The van der Waals surface area contributed by atoms with Crippen LogP contribution in [0.1, 0.15) is 37.4 Å². The third-order valence-electron chi connectivity index (χ3n) is 3.78. The molecule has 0 spiro atoms. The molecule has 3 rings (SSSR count). The molecule has 2 atom stereocenters. The lowest BCUT2D eigenvalue weighted by molar-refractivity contribution is 0.303. The topological polar surface area (TPSA) is 69.1 Å². The lowest BCUT2D eigenvalue weighted by Crippen LogP contribution is -2.26. The Hall–Kier alpha value is -1.49. The molecule has 0 saturated heterocycles. The zero-order valence-corrected chi connectivity index (χ0v) is 9.79. The first-order valence-electron chi connectivity index (χ1n) is 6.25. The number of rotatable bonds is 2. The van der Waals surface area contributed by atoms with E-state index in [9.17, 15) is 0 Å². The van der Waals surface area contributed by atoms with Crippen molar-refractivity contribution in [1.29, 1.82) is 0 Å². The smallest absolute Gasteiger partial charge is 0.179 e. The van der Waals surface area contributed by atoms with E-state index < -0.39 is 0 Å². The first-order chi connectivity index (χ1) is 8.40. The van der Waals surface area contributed by atoms with Crippen LogP contribution in [-0.4, -0.2) is 26.1 Å². The second-order valence-electron chi connectivity index (χ2n) is 4.75. The van der Waals surface area contributed by atoms with E-state index in [4.69, 9.17) is 5.73 Å². The summed E-state index contributed by atoms with van der Waals surface area (Å²) in [6, 6.07) is 0. The lowest BCUT2D eigenvalue weighted by atomic mass is 9.79. The van der Waals surface area contributed by atoms with Crippen LogP contribution in [0.4, 0.5) is 0 Å². The molecule has 5 heteroatoms. The Bertz CT molecular complexity index is 506. The Morgan fingerprint density at radius 2 is 2.18 bits per heavy atom. The van der Waals surface area contributed by atoms with E-state index in [1.54, 1.807) is 12.4 Å². The van der Waals surface area contributed by atoms with E-state index >= 15 is 0 Å². The maximum atomic E-state index is 5.87. The second kappa shape index (κ2) is 4.41. The number of fused-ring (bicyclic) bond motifs is 1. The molecule has 0 aromatic carbocycles. The summed E-state index contributed by atoms with van der Waals surface area (Å²) in [7, 11) is 0. The molecule has 1 fully saturated rings. The largest absolute Gasteiger partial charge is 0.330 e. The van der Waals surface area contributed by atoms with Gasteiger partial charge < -0.3 is 5.73 Å². The van der Waals surface area contributed by atoms with Crippen LogP contribution in [0.25, 0.3) is 5.65 Å². The Balaban J connectivity index is 2.01. The van der Waals surface area contributed by atoms with Crippen molar-refractivity contribution in [1.82, 2.24) is 19.6 Å². The number of nitrogens with two attached hydrogens (primary N) is 1. The van der Waals surface area contributed by atoms with E-state index in [2.05, 4.69) is 15.2 Å². The molecule has 0 aliphatic heterocycles. The summed E-state index contributed by atoms with van der Waals surface area (Å²) in [5.74, 6) is 2.05. The fourth-order valence-corrected chi connectivity index (χ4v) is 2.85. The molecule has 0 radical (unpaired) electrons. The molecule has 2 aromatic rings.